The summed E-state index contributed by atoms with van der Waals surface area (Å²) in [5, 5.41) is 0. The molecule has 0 aliphatic carbocycles. The van der Waals surface area contributed by atoms with Gasteiger partial charge in [-0.15, -0.1) is 0 Å². The van der Waals surface area contributed by atoms with E-state index in [1.54, 1.807) is 0 Å². The Morgan fingerprint density at radius 3 is 1.61 bits per heavy atom. The minimum atomic E-state index is 0.201. The van der Waals surface area contributed by atoms with E-state index in [-0.39, 0.29) is 5.41 Å². The number of benzene rings is 2. The minimum absolute atomic E-state index is 0.201. The van der Waals surface area contributed by atoms with Crippen LogP contribution < -0.4 is 0 Å². The van der Waals surface area contributed by atoms with Crippen molar-refractivity contribution in [3.63, 3.8) is 0 Å². The number of ether oxygens (including phenoxy) is 2. The van der Waals surface area contributed by atoms with Crippen molar-refractivity contribution in [2.45, 2.75) is 72.1 Å². The Hall–Kier alpha value is -1.64. The van der Waals surface area contributed by atoms with Crippen LogP contribution in [0.4, 0.5) is 0 Å². The maximum atomic E-state index is 6.08. The Bertz CT molecular complexity index is 688. The van der Waals surface area contributed by atoms with E-state index in [1.165, 1.54) is 24.0 Å². The summed E-state index contributed by atoms with van der Waals surface area (Å²) in [5.41, 5.74) is 2.97. The highest BCUT2D eigenvalue weighted by atomic mass is 16.5. The summed E-state index contributed by atoms with van der Waals surface area (Å²) in [6.45, 7) is 14.8. The molecule has 0 N–H and O–H groups in total. The van der Waals surface area contributed by atoms with E-state index < -0.39 is 0 Å². The third kappa shape index (κ3) is 9.58. The number of rotatable bonds is 14. The van der Waals surface area contributed by atoms with Crippen molar-refractivity contribution in [2.24, 2.45) is 11.3 Å². The average Bonchev–Trinajstić information content (AvgIpc) is 2.74. The zero-order valence-electron chi connectivity index (χ0n) is 20.5. The molecule has 172 valence electrons. The Labute approximate surface area is 191 Å². The molecule has 0 heterocycles. The predicted octanol–water partition coefficient (Wildman–Crippen LogP) is 7.85. The maximum Gasteiger partial charge on any atom is 0.0539 e. The van der Waals surface area contributed by atoms with Gasteiger partial charge in [0.1, 0.15) is 0 Å². The molecule has 0 bridgehead atoms. The van der Waals surface area contributed by atoms with Gasteiger partial charge in [0.25, 0.3) is 0 Å². The molecule has 2 aromatic carbocycles. The van der Waals surface area contributed by atoms with Gasteiger partial charge in [0.15, 0.2) is 0 Å². The summed E-state index contributed by atoms with van der Waals surface area (Å²) in [5.74, 6) is 1.50. The first-order valence-electron chi connectivity index (χ1n) is 12.1. The maximum absolute atomic E-state index is 6.08. The Morgan fingerprint density at radius 2 is 1.13 bits per heavy atom. The lowest BCUT2D eigenvalue weighted by molar-refractivity contribution is 0.0833. The highest BCUT2D eigenvalue weighted by Gasteiger charge is 2.26. The smallest absolute Gasteiger partial charge is 0.0539 e. The molecule has 0 saturated carbocycles. The van der Waals surface area contributed by atoms with Crippen molar-refractivity contribution >= 4 is 0 Å². The van der Waals surface area contributed by atoms with Crippen molar-refractivity contribution in [2.75, 3.05) is 26.4 Å². The zero-order valence-corrected chi connectivity index (χ0v) is 20.5. The number of hydrogen-bond acceptors (Lipinski definition) is 2. The number of hydrogen-bond donors (Lipinski definition) is 0. The second-order valence-corrected chi connectivity index (χ2v) is 10.2. The SMILES string of the molecule is CC(C)[C@H](COCCCCCCOC[C@H](c1ccccc1)C(C)(C)C)c1ccccc1. The van der Waals surface area contributed by atoms with E-state index in [0.29, 0.717) is 17.8 Å². The molecular formula is C29H44O2. The van der Waals surface area contributed by atoms with Gasteiger partial charge in [0.2, 0.25) is 0 Å². The second-order valence-electron chi connectivity index (χ2n) is 10.2. The van der Waals surface area contributed by atoms with Crippen molar-refractivity contribution < 1.29 is 9.47 Å². The van der Waals surface area contributed by atoms with Gasteiger partial charge in [0.05, 0.1) is 13.2 Å². The molecule has 31 heavy (non-hydrogen) atoms. The molecule has 0 saturated heterocycles. The molecule has 2 nitrogen and oxygen atoms in total. The fourth-order valence-electron chi connectivity index (χ4n) is 4.08. The van der Waals surface area contributed by atoms with E-state index in [2.05, 4.69) is 95.3 Å². The van der Waals surface area contributed by atoms with E-state index in [0.717, 1.165) is 39.3 Å². The fourth-order valence-corrected chi connectivity index (χ4v) is 4.08. The molecule has 2 aromatic rings. The Balaban J connectivity index is 1.56. The summed E-state index contributed by atoms with van der Waals surface area (Å²) in [6.07, 6.45) is 4.68. The van der Waals surface area contributed by atoms with E-state index in [4.69, 9.17) is 9.47 Å². The van der Waals surface area contributed by atoms with Crippen LogP contribution in [-0.4, -0.2) is 26.4 Å². The quantitative estimate of drug-likeness (QED) is 0.287. The summed E-state index contributed by atoms with van der Waals surface area (Å²) in [4.78, 5) is 0. The van der Waals surface area contributed by atoms with Crippen LogP contribution in [0.25, 0.3) is 0 Å². The van der Waals surface area contributed by atoms with Crippen LogP contribution in [0.5, 0.6) is 0 Å². The molecule has 2 rings (SSSR count). The third-order valence-electron chi connectivity index (χ3n) is 6.19. The largest absolute Gasteiger partial charge is 0.381 e. The Kier molecular flexibility index (Phi) is 11.3. The molecule has 0 unspecified atom stereocenters. The summed E-state index contributed by atoms with van der Waals surface area (Å²) < 4.78 is 12.1. The van der Waals surface area contributed by atoms with Crippen molar-refractivity contribution in [3.8, 4) is 0 Å². The molecule has 2 heteroatoms. The monoisotopic (exact) mass is 424 g/mol. The predicted molar refractivity (Wildman–Crippen MR) is 133 cm³/mol. The lowest BCUT2D eigenvalue weighted by atomic mass is 9.77. The van der Waals surface area contributed by atoms with E-state index >= 15 is 0 Å². The average molecular weight is 425 g/mol. The summed E-state index contributed by atoms with van der Waals surface area (Å²) in [6, 6.07) is 21.5. The van der Waals surface area contributed by atoms with E-state index in [1.807, 2.05) is 0 Å². The normalized spacial score (nSPS) is 14.0. The molecular weight excluding hydrogens is 380 g/mol. The molecule has 2 atom stereocenters. The molecule has 0 amide bonds. The third-order valence-corrected chi connectivity index (χ3v) is 6.19. The topological polar surface area (TPSA) is 18.5 Å². The highest BCUT2D eigenvalue weighted by molar-refractivity contribution is 5.21. The van der Waals surface area contributed by atoms with Crippen LogP contribution in [0.3, 0.4) is 0 Å². The van der Waals surface area contributed by atoms with Gasteiger partial charge in [-0.1, -0.05) is 108 Å². The lowest BCUT2D eigenvalue weighted by Crippen LogP contribution is -2.23. The molecule has 0 aliphatic rings. The van der Waals surface area contributed by atoms with Crippen LogP contribution in [0.1, 0.15) is 83.3 Å². The Morgan fingerprint density at radius 1 is 0.645 bits per heavy atom. The van der Waals surface area contributed by atoms with Crippen LogP contribution in [0.15, 0.2) is 60.7 Å². The number of unbranched alkanes of at least 4 members (excludes halogenated alkanes) is 3. The van der Waals surface area contributed by atoms with Crippen LogP contribution in [-0.2, 0) is 9.47 Å². The van der Waals surface area contributed by atoms with Crippen LogP contribution >= 0.6 is 0 Å². The zero-order chi connectivity index (χ0) is 22.5. The summed E-state index contributed by atoms with van der Waals surface area (Å²) >= 11 is 0. The first-order chi connectivity index (χ1) is 14.9. The van der Waals surface area contributed by atoms with Gasteiger partial charge < -0.3 is 9.47 Å². The van der Waals surface area contributed by atoms with Crippen molar-refractivity contribution in [1.82, 2.24) is 0 Å². The summed E-state index contributed by atoms with van der Waals surface area (Å²) in [7, 11) is 0. The van der Waals surface area contributed by atoms with Crippen molar-refractivity contribution in [3.05, 3.63) is 71.8 Å². The van der Waals surface area contributed by atoms with Gasteiger partial charge in [-0.2, -0.15) is 0 Å². The first kappa shape index (κ1) is 25.6. The van der Waals surface area contributed by atoms with E-state index in [9.17, 15) is 0 Å². The van der Waals surface area contributed by atoms with Gasteiger partial charge in [-0.3, -0.25) is 0 Å². The fraction of sp³-hybridized carbons (Fsp3) is 0.586. The van der Waals surface area contributed by atoms with Gasteiger partial charge in [-0.05, 0) is 35.3 Å². The molecule has 0 radical (unpaired) electrons. The van der Waals surface area contributed by atoms with Gasteiger partial charge >= 0.3 is 0 Å². The molecule has 0 spiro atoms. The first-order valence-corrected chi connectivity index (χ1v) is 12.1. The van der Waals surface area contributed by atoms with Crippen LogP contribution in [0.2, 0.25) is 0 Å². The highest BCUT2D eigenvalue weighted by Crippen LogP contribution is 2.35. The lowest BCUT2D eigenvalue weighted by Gasteiger charge is -2.31. The van der Waals surface area contributed by atoms with Gasteiger partial charge in [-0.25, -0.2) is 0 Å². The van der Waals surface area contributed by atoms with Crippen LogP contribution in [0, 0.1) is 11.3 Å². The van der Waals surface area contributed by atoms with Gasteiger partial charge in [0, 0.05) is 25.0 Å². The molecule has 0 fully saturated rings. The molecule has 0 aromatic heterocycles. The second kappa shape index (κ2) is 13.7. The molecule has 0 aliphatic heterocycles. The minimum Gasteiger partial charge on any atom is -0.381 e. The standard InChI is InChI=1S/C29H44O2/c1-24(2)27(25-16-10-8-11-17-25)22-30-20-14-6-7-15-21-31-23-28(29(3,4)5)26-18-12-9-13-19-26/h8-13,16-19,24,27-28H,6-7,14-15,20-23H2,1-5H3/t27-,28+/m0/s1. The van der Waals surface area contributed by atoms with Crippen molar-refractivity contribution in [1.29, 1.82) is 0 Å².